The zero-order valence-electron chi connectivity index (χ0n) is 13.5. The number of amides is 1. The number of hydrogen-bond donors (Lipinski definition) is 2. The van der Waals surface area contributed by atoms with Crippen LogP contribution >= 0.6 is 0 Å². The van der Waals surface area contributed by atoms with Crippen LogP contribution in [0, 0.1) is 5.82 Å². The molecule has 0 aromatic heterocycles. The molecule has 0 saturated heterocycles. The van der Waals surface area contributed by atoms with E-state index in [1.54, 1.807) is 30.3 Å². The molecule has 2 rings (SSSR count). The molecule has 0 unspecified atom stereocenters. The van der Waals surface area contributed by atoms with E-state index in [0.29, 0.717) is 17.8 Å². The minimum absolute atomic E-state index is 0.218. The average Bonchev–Trinajstić information content (AvgIpc) is 2.56. The Labute approximate surface area is 146 Å². The van der Waals surface area contributed by atoms with Gasteiger partial charge in [-0.3, -0.25) is 9.79 Å². The van der Waals surface area contributed by atoms with Crippen LogP contribution < -0.4 is 5.32 Å². The van der Waals surface area contributed by atoms with Gasteiger partial charge in [-0.25, -0.2) is 4.39 Å². The molecule has 0 saturated carbocycles. The normalized spacial score (nSPS) is 12.8. The number of para-hydroxylation sites is 1. The zero-order valence-corrected chi connectivity index (χ0v) is 13.5. The van der Waals surface area contributed by atoms with Crippen LogP contribution in [0.15, 0.2) is 64.9 Å². The van der Waals surface area contributed by atoms with Crippen molar-refractivity contribution >= 4 is 23.5 Å². The highest BCUT2D eigenvalue weighted by molar-refractivity contribution is 6.18. The first kappa shape index (κ1) is 19.2. The van der Waals surface area contributed by atoms with Gasteiger partial charge in [0.2, 0.25) is 0 Å². The lowest BCUT2D eigenvalue weighted by Crippen LogP contribution is -2.16. The molecule has 8 heteroatoms. The quantitative estimate of drug-likeness (QED) is 0.346. The Balaban J connectivity index is 2.26. The predicted octanol–water partition coefficient (Wildman–Crippen LogP) is 5.02. The molecule has 0 bridgehead atoms. The molecule has 4 nitrogen and oxygen atoms in total. The Kier molecular flexibility index (Phi) is 5.76. The fourth-order valence-electron chi connectivity index (χ4n) is 1.99. The van der Waals surface area contributed by atoms with Crippen LogP contribution in [0.2, 0.25) is 0 Å². The molecule has 0 fully saturated rings. The molecule has 0 radical (unpaired) electrons. The van der Waals surface area contributed by atoms with Crippen molar-refractivity contribution in [3.63, 3.8) is 0 Å². The number of carbonyl (C=O) groups is 1. The highest BCUT2D eigenvalue weighted by Crippen LogP contribution is 2.33. The van der Waals surface area contributed by atoms with E-state index in [1.807, 2.05) is 0 Å². The van der Waals surface area contributed by atoms with Crippen molar-refractivity contribution in [2.75, 3.05) is 5.32 Å². The average molecular weight is 366 g/mol. The largest absolute Gasteiger partial charge is 0.512 e. The second kappa shape index (κ2) is 7.81. The molecule has 0 aliphatic heterocycles. The lowest BCUT2D eigenvalue weighted by Gasteiger charge is -2.09. The number of nitrogens with one attached hydrogen (secondary N) is 1. The molecule has 26 heavy (non-hydrogen) atoms. The topological polar surface area (TPSA) is 61.7 Å². The van der Waals surface area contributed by atoms with Crippen LogP contribution in [-0.2, 0) is 11.0 Å². The van der Waals surface area contributed by atoms with Gasteiger partial charge >= 0.3 is 6.18 Å². The third kappa shape index (κ3) is 4.92. The Bertz CT molecular complexity index is 855. The van der Waals surface area contributed by atoms with Gasteiger partial charge in [0.25, 0.3) is 5.91 Å². The number of aliphatic imine (C=N–C) groups is 1. The Hall–Kier alpha value is -3.16. The van der Waals surface area contributed by atoms with Crippen LogP contribution in [0.25, 0.3) is 0 Å². The molecule has 1 amide bonds. The summed E-state index contributed by atoms with van der Waals surface area (Å²) in [5, 5.41) is 12.2. The first-order valence-electron chi connectivity index (χ1n) is 7.35. The second-order valence-corrected chi connectivity index (χ2v) is 5.24. The van der Waals surface area contributed by atoms with E-state index in [9.17, 15) is 27.5 Å². The Morgan fingerprint density at radius 1 is 1.15 bits per heavy atom. The fraction of sp³-hybridized carbons (Fsp3) is 0.111. The van der Waals surface area contributed by atoms with Crippen molar-refractivity contribution in [3.8, 4) is 0 Å². The summed E-state index contributed by atoms with van der Waals surface area (Å²) in [6.07, 6.45) is -3.95. The lowest BCUT2D eigenvalue weighted by atomic mass is 10.1. The van der Waals surface area contributed by atoms with Crippen molar-refractivity contribution in [3.05, 3.63) is 71.2 Å². The summed E-state index contributed by atoms with van der Waals surface area (Å²) in [6.45, 7) is 1.23. The maximum atomic E-state index is 13.3. The summed E-state index contributed by atoms with van der Waals surface area (Å²) in [4.78, 5) is 15.9. The molecular weight excluding hydrogens is 352 g/mol. The molecule has 2 N–H and O–H groups in total. The number of aliphatic hydroxyl groups is 1. The molecule has 2 aromatic carbocycles. The monoisotopic (exact) mass is 366 g/mol. The number of alkyl halides is 3. The number of benzene rings is 2. The first-order valence-corrected chi connectivity index (χ1v) is 7.35. The van der Waals surface area contributed by atoms with Crippen molar-refractivity contribution in [1.29, 1.82) is 0 Å². The highest BCUT2D eigenvalue weighted by atomic mass is 19.4. The molecular formula is C18H14F4N2O2. The fourth-order valence-corrected chi connectivity index (χ4v) is 1.99. The van der Waals surface area contributed by atoms with E-state index in [2.05, 4.69) is 10.3 Å². The number of allylic oxidation sites excluding steroid dienone is 1. The van der Waals surface area contributed by atoms with E-state index in [4.69, 9.17) is 0 Å². The lowest BCUT2D eigenvalue weighted by molar-refractivity contribution is -0.139. The number of aliphatic hydroxyl groups excluding tert-OH is 1. The Morgan fingerprint density at radius 2 is 1.81 bits per heavy atom. The van der Waals surface area contributed by atoms with Crippen LogP contribution in [0.3, 0.4) is 0 Å². The van der Waals surface area contributed by atoms with Crippen LogP contribution in [-0.4, -0.2) is 17.2 Å². The Morgan fingerprint density at radius 3 is 2.38 bits per heavy atom. The molecule has 0 heterocycles. The van der Waals surface area contributed by atoms with Gasteiger partial charge in [0, 0.05) is 11.9 Å². The van der Waals surface area contributed by atoms with Gasteiger partial charge < -0.3 is 10.4 Å². The molecule has 2 aromatic rings. The van der Waals surface area contributed by atoms with E-state index < -0.39 is 23.5 Å². The maximum absolute atomic E-state index is 13.3. The SMILES string of the molecule is CC(O)=C(C=Nc1ccc(F)c(C(F)(F)F)c1)C(=O)Nc1ccccc1. The van der Waals surface area contributed by atoms with Gasteiger partial charge in [0.1, 0.15) is 11.6 Å². The van der Waals surface area contributed by atoms with Crippen molar-refractivity contribution in [2.45, 2.75) is 13.1 Å². The molecule has 0 atom stereocenters. The summed E-state index contributed by atoms with van der Waals surface area (Å²) in [5.74, 6) is -2.49. The summed E-state index contributed by atoms with van der Waals surface area (Å²) in [7, 11) is 0. The molecule has 136 valence electrons. The van der Waals surface area contributed by atoms with Crippen molar-refractivity contribution in [1.82, 2.24) is 0 Å². The number of anilines is 1. The smallest absolute Gasteiger partial charge is 0.419 e. The van der Waals surface area contributed by atoms with Crippen LogP contribution in [0.1, 0.15) is 12.5 Å². The minimum Gasteiger partial charge on any atom is -0.512 e. The van der Waals surface area contributed by atoms with Crippen LogP contribution in [0.5, 0.6) is 0 Å². The first-order chi connectivity index (χ1) is 12.2. The third-order valence-corrected chi connectivity index (χ3v) is 3.26. The second-order valence-electron chi connectivity index (χ2n) is 5.24. The number of carbonyl (C=O) groups excluding carboxylic acids is 1. The van der Waals surface area contributed by atoms with Gasteiger partial charge in [0.15, 0.2) is 0 Å². The summed E-state index contributed by atoms with van der Waals surface area (Å²) >= 11 is 0. The van der Waals surface area contributed by atoms with E-state index in [0.717, 1.165) is 12.3 Å². The molecule has 0 aliphatic carbocycles. The van der Waals surface area contributed by atoms with Gasteiger partial charge in [-0.15, -0.1) is 0 Å². The number of rotatable bonds is 4. The van der Waals surface area contributed by atoms with Crippen molar-refractivity contribution < 1.29 is 27.5 Å². The zero-order chi connectivity index (χ0) is 19.3. The minimum atomic E-state index is -4.87. The number of nitrogens with zero attached hydrogens (tertiary/aromatic N) is 1. The molecule has 0 spiro atoms. The molecule has 0 aliphatic rings. The predicted molar refractivity (Wildman–Crippen MR) is 90.0 cm³/mol. The van der Waals surface area contributed by atoms with Crippen molar-refractivity contribution in [2.24, 2.45) is 4.99 Å². The van der Waals surface area contributed by atoms with Gasteiger partial charge in [-0.1, -0.05) is 18.2 Å². The maximum Gasteiger partial charge on any atom is 0.419 e. The highest BCUT2D eigenvalue weighted by Gasteiger charge is 2.34. The third-order valence-electron chi connectivity index (χ3n) is 3.26. The summed E-state index contributed by atoms with van der Waals surface area (Å²) in [6, 6.07) is 10.6. The summed E-state index contributed by atoms with van der Waals surface area (Å²) < 4.78 is 51.4. The van der Waals surface area contributed by atoms with Gasteiger partial charge in [-0.05, 0) is 37.3 Å². The number of halogens is 4. The van der Waals surface area contributed by atoms with Gasteiger partial charge in [0.05, 0.1) is 16.8 Å². The van der Waals surface area contributed by atoms with E-state index in [1.165, 1.54) is 6.92 Å². The van der Waals surface area contributed by atoms with Gasteiger partial charge in [-0.2, -0.15) is 13.2 Å². The summed E-state index contributed by atoms with van der Waals surface area (Å²) in [5.41, 5.74) is -1.46. The van der Waals surface area contributed by atoms with E-state index >= 15 is 0 Å². The number of hydrogen-bond acceptors (Lipinski definition) is 3. The standard InChI is InChI=1S/C18H14F4N2O2/c1-11(25)14(17(26)24-12-5-3-2-4-6-12)10-23-13-7-8-16(19)15(9-13)18(20,21)22/h2-10,25H,1H3,(H,24,26). The van der Waals surface area contributed by atoms with Crippen LogP contribution in [0.4, 0.5) is 28.9 Å². The van der Waals surface area contributed by atoms with E-state index in [-0.39, 0.29) is 17.0 Å².